The first-order chi connectivity index (χ1) is 10.6. The first-order valence-electron chi connectivity index (χ1n) is 7.02. The van der Waals surface area contributed by atoms with Crippen molar-refractivity contribution in [2.24, 2.45) is 0 Å². The largest absolute Gasteiger partial charge is 0.457 e. The Labute approximate surface area is 143 Å². The van der Waals surface area contributed by atoms with Crippen molar-refractivity contribution in [1.29, 1.82) is 0 Å². The summed E-state index contributed by atoms with van der Waals surface area (Å²) in [7, 11) is 0. The Bertz CT molecular complexity index is 720. The molecule has 0 saturated carbocycles. The number of hydrogen-bond donors (Lipinski definition) is 0. The van der Waals surface area contributed by atoms with Crippen molar-refractivity contribution in [2.45, 2.75) is 25.9 Å². The molecule has 114 valence electrons. The van der Waals surface area contributed by atoms with Gasteiger partial charge in [0.2, 0.25) is 0 Å². The highest BCUT2D eigenvalue weighted by Crippen LogP contribution is 2.36. The van der Waals surface area contributed by atoms with E-state index in [0.717, 1.165) is 40.8 Å². The second kappa shape index (κ2) is 6.86. The molecule has 0 bridgehead atoms. The topological polar surface area (TPSA) is 26.3 Å². The second-order valence-corrected chi connectivity index (χ2v) is 6.94. The van der Waals surface area contributed by atoms with Gasteiger partial charge in [-0.2, -0.15) is 0 Å². The molecule has 3 rings (SSSR count). The van der Waals surface area contributed by atoms with Crippen molar-refractivity contribution in [1.82, 2.24) is 0 Å². The zero-order valence-corrected chi connectivity index (χ0v) is 14.1. The fraction of sp³-hybridized carbons (Fsp3) is 0.235. The lowest BCUT2D eigenvalue weighted by Crippen LogP contribution is -2.07. The fourth-order valence-corrected chi connectivity index (χ4v) is 3.50. The first-order valence-corrected chi connectivity index (χ1v) is 8.65. The third-order valence-corrected chi connectivity index (χ3v) is 5.25. The van der Waals surface area contributed by atoms with Crippen LogP contribution >= 0.6 is 34.5 Å². The third-order valence-electron chi connectivity index (χ3n) is 3.66. The van der Waals surface area contributed by atoms with Crippen LogP contribution in [0.1, 0.15) is 29.7 Å². The van der Waals surface area contributed by atoms with Crippen LogP contribution in [0.25, 0.3) is 5.57 Å². The number of benzene rings is 1. The molecule has 1 aromatic carbocycles. The Hall–Kier alpha value is -1.29. The molecule has 0 fully saturated rings. The Balaban J connectivity index is 1.80. The lowest BCUT2D eigenvalue weighted by molar-refractivity contribution is -0.140. The Kier molecular flexibility index (Phi) is 4.87. The Morgan fingerprint density at radius 1 is 1.18 bits per heavy atom. The van der Waals surface area contributed by atoms with E-state index in [1.165, 1.54) is 0 Å². The number of allylic oxidation sites excluding steroid dienone is 1. The van der Waals surface area contributed by atoms with E-state index < -0.39 is 0 Å². The summed E-state index contributed by atoms with van der Waals surface area (Å²) in [5.74, 6) is -0.230. The minimum atomic E-state index is -0.230. The van der Waals surface area contributed by atoms with Gasteiger partial charge in [0.25, 0.3) is 0 Å². The summed E-state index contributed by atoms with van der Waals surface area (Å²) in [6.07, 6.45) is 2.57. The number of rotatable bonds is 4. The zero-order valence-electron chi connectivity index (χ0n) is 11.8. The third kappa shape index (κ3) is 3.37. The molecule has 0 amide bonds. The molecule has 0 saturated heterocycles. The van der Waals surface area contributed by atoms with Gasteiger partial charge >= 0.3 is 5.97 Å². The van der Waals surface area contributed by atoms with E-state index >= 15 is 0 Å². The van der Waals surface area contributed by atoms with Gasteiger partial charge in [0.15, 0.2) is 0 Å². The lowest BCUT2D eigenvalue weighted by Gasteiger charge is -2.09. The van der Waals surface area contributed by atoms with E-state index in [0.29, 0.717) is 16.7 Å². The van der Waals surface area contributed by atoms with Crippen LogP contribution in [-0.4, -0.2) is 5.97 Å². The molecule has 0 radical (unpaired) electrons. The molecule has 0 unspecified atom stereocenters. The van der Waals surface area contributed by atoms with Crippen molar-refractivity contribution in [3.05, 3.63) is 61.8 Å². The summed E-state index contributed by atoms with van der Waals surface area (Å²) in [6.45, 7) is 0.328. The normalized spacial score (nSPS) is 14.5. The van der Waals surface area contributed by atoms with Crippen molar-refractivity contribution in [3.8, 4) is 0 Å². The highest BCUT2D eigenvalue weighted by atomic mass is 35.5. The smallest absolute Gasteiger partial charge is 0.334 e. The van der Waals surface area contributed by atoms with Crippen LogP contribution in [0.4, 0.5) is 0 Å². The molecule has 0 atom stereocenters. The molecule has 2 nitrogen and oxygen atoms in total. The van der Waals surface area contributed by atoms with Gasteiger partial charge in [-0.05, 0) is 54.0 Å². The predicted molar refractivity (Wildman–Crippen MR) is 91.3 cm³/mol. The number of carbonyl (C=O) groups excluding carboxylic acids is 1. The van der Waals surface area contributed by atoms with Crippen LogP contribution in [0.2, 0.25) is 10.0 Å². The Morgan fingerprint density at radius 2 is 2.05 bits per heavy atom. The molecule has 1 aliphatic rings. The maximum atomic E-state index is 12.3. The number of hydrogen-bond acceptors (Lipinski definition) is 3. The van der Waals surface area contributed by atoms with Crippen molar-refractivity contribution in [3.63, 3.8) is 0 Å². The quantitative estimate of drug-likeness (QED) is 0.656. The number of thiophene rings is 1. The van der Waals surface area contributed by atoms with Crippen LogP contribution in [0.15, 0.2) is 41.3 Å². The molecule has 0 N–H and O–H groups in total. The molecule has 1 aliphatic carbocycles. The SMILES string of the molecule is O=C(OCc1cccs1)C1=C(c2ccc(Cl)c(Cl)c2)CCC1. The summed E-state index contributed by atoms with van der Waals surface area (Å²) in [5, 5.41) is 3.00. The highest BCUT2D eigenvalue weighted by Gasteiger charge is 2.23. The van der Waals surface area contributed by atoms with E-state index in [9.17, 15) is 4.79 Å². The van der Waals surface area contributed by atoms with Gasteiger partial charge in [0.05, 0.1) is 10.0 Å². The van der Waals surface area contributed by atoms with Gasteiger partial charge in [0.1, 0.15) is 6.61 Å². The molecular formula is C17H14Cl2O2S. The minimum Gasteiger partial charge on any atom is -0.457 e. The van der Waals surface area contributed by atoms with Gasteiger partial charge in [-0.3, -0.25) is 0 Å². The monoisotopic (exact) mass is 352 g/mol. The van der Waals surface area contributed by atoms with E-state index in [-0.39, 0.29) is 5.97 Å². The van der Waals surface area contributed by atoms with E-state index in [2.05, 4.69) is 0 Å². The number of ether oxygens (including phenoxy) is 1. The molecule has 2 aromatic rings. The van der Waals surface area contributed by atoms with Crippen molar-refractivity contribution < 1.29 is 9.53 Å². The van der Waals surface area contributed by atoms with Crippen LogP contribution < -0.4 is 0 Å². The van der Waals surface area contributed by atoms with E-state index in [4.69, 9.17) is 27.9 Å². The standard InChI is InChI=1S/C17H14Cl2O2S/c18-15-7-6-11(9-16(15)19)13-4-1-5-14(13)17(20)21-10-12-3-2-8-22-12/h2-3,6-9H,1,4-5,10H2. The van der Waals surface area contributed by atoms with E-state index in [1.54, 1.807) is 17.4 Å². The van der Waals surface area contributed by atoms with Gasteiger partial charge in [-0.1, -0.05) is 35.3 Å². The molecule has 1 aromatic heterocycles. The summed E-state index contributed by atoms with van der Waals surface area (Å²) < 4.78 is 5.43. The minimum absolute atomic E-state index is 0.230. The molecule has 0 aliphatic heterocycles. The molecule has 5 heteroatoms. The van der Waals surface area contributed by atoms with Crippen molar-refractivity contribution >= 4 is 46.1 Å². The molecular weight excluding hydrogens is 339 g/mol. The first kappa shape index (κ1) is 15.6. The molecule has 22 heavy (non-hydrogen) atoms. The van der Waals surface area contributed by atoms with Gasteiger partial charge in [0, 0.05) is 10.5 Å². The van der Waals surface area contributed by atoms with Crippen LogP contribution in [-0.2, 0) is 16.1 Å². The Morgan fingerprint density at radius 3 is 2.77 bits per heavy atom. The van der Waals surface area contributed by atoms with Gasteiger partial charge in [-0.15, -0.1) is 11.3 Å². The maximum absolute atomic E-state index is 12.3. The van der Waals surface area contributed by atoms with Gasteiger partial charge in [-0.25, -0.2) is 4.79 Å². The predicted octanol–water partition coefficient (Wildman–Crippen LogP) is 5.74. The lowest BCUT2D eigenvalue weighted by atomic mass is 10.0. The zero-order chi connectivity index (χ0) is 15.5. The summed E-state index contributed by atoms with van der Waals surface area (Å²) >= 11 is 13.6. The highest BCUT2D eigenvalue weighted by molar-refractivity contribution is 7.09. The molecule has 0 spiro atoms. The average molecular weight is 353 g/mol. The number of carbonyl (C=O) groups is 1. The van der Waals surface area contributed by atoms with Crippen LogP contribution in [0, 0.1) is 0 Å². The van der Waals surface area contributed by atoms with Gasteiger partial charge < -0.3 is 4.74 Å². The summed E-state index contributed by atoms with van der Waals surface area (Å²) in [5.41, 5.74) is 2.74. The molecule has 1 heterocycles. The number of esters is 1. The average Bonchev–Trinajstić information content (AvgIpc) is 3.18. The summed E-state index contributed by atoms with van der Waals surface area (Å²) in [4.78, 5) is 13.4. The van der Waals surface area contributed by atoms with E-state index in [1.807, 2.05) is 29.6 Å². The maximum Gasteiger partial charge on any atom is 0.334 e. The summed E-state index contributed by atoms with van der Waals surface area (Å²) in [6, 6.07) is 9.39. The fourth-order valence-electron chi connectivity index (χ4n) is 2.59. The van der Waals surface area contributed by atoms with Crippen LogP contribution in [0.3, 0.4) is 0 Å². The number of halogens is 2. The van der Waals surface area contributed by atoms with Crippen LogP contribution in [0.5, 0.6) is 0 Å². The second-order valence-electron chi connectivity index (χ2n) is 5.10. The van der Waals surface area contributed by atoms with Crippen molar-refractivity contribution in [2.75, 3.05) is 0 Å².